The van der Waals surface area contributed by atoms with E-state index in [0.717, 1.165) is 0 Å². The Bertz CT molecular complexity index is 99.8. The Kier molecular flexibility index (Phi) is 3.37. The zero-order chi connectivity index (χ0) is 9.28. The lowest BCUT2D eigenvalue weighted by atomic mass is 10.2. The molecule has 0 radical (unpaired) electrons. The maximum atomic E-state index is 2.40. The number of hydrogen-bond donors (Lipinski definition) is 0. The van der Waals surface area contributed by atoms with E-state index in [4.69, 9.17) is 0 Å². The Morgan fingerprint density at radius 1 is 0.818 bits per heavy atom. The summed E-state index contributed by atoms with van der Waals surface area (Å²) in [5, 5.41) is 1.18. The summed E-state index contributed by atoms with van der Waals surface area (Å²) in [7, 11) is -0.590. The lowest BCUT2D eigenvalue weighted by Gasteiger charge is -2.38. The van der Waals surface area contributed by atoms with Crippen molar-refractivity contribution >= 4 is 8.80 Å². The van der Waals surface area contributed by atoms with Gasteiger partial charge in [-0.3, -0.25) is 0 Å². The molecule has 0 N–H and O–H groups in total. The van der Waals surface area contributed by atoms with E-state index in [2.05, 4.69) is 48.5 Å². The molecule has 1 heteroatoms. The van der Waals surface area contributed by atoms with E-state index in [0.29, 0.717) is 10.1 Å². The highest BCUT2D eigenvalue weighted by molar-refractivity contribution is 6.65. The van der Waals surface area contributed by atoms with Crippen LogP contribution in [0.1, 0.15) is 48.5 Å². The van der Waals surface area contributed by atoms with Gasteiger partial charge in [0.25, 0.3) is 0 Å². The van der Waals surface area contributed by atoms with Gasteiger partial charge in [-0.2, -0.15) is 0 Å². The van der Waals surface area contributed by atoms with Crippen molar-refractivity contribution in [1.82, 2.24) is 0 Å². The van der Waals surface area contributed by atoms with Gasteiger partial charge >= 0.3 is 0 Å². The van der Waals surface area contributed by atoms with Crippen LogP contribution in [-0.4, -0.2) is 8.80 Å². The number of rotatable bonds is 1. The normalized spacial score (nSPS) is 14.2. The maximum absolute atomic E-state index is 2.40. The second-order valence-corrected chi connectivity index (χ2v) is 11.1. The third-order valence-electron chi connectivity index (χ3n) is 2.50. The van der Waals surface area contributed by atoms with E-state index in [1.165, 1.54) is 6.04 Å². The van der Waals surface area contributed by atoms with E-state index in [-0.39, 0.29) is 0 Å². The first-order valence-corrected chi connectivity index (χ1v) is 6.66. The van der Waals surface area contributed by atoms with Crippen molar-refractivity contribution in [2.24, 2.45) is 0 Å². The van der Waals surface area contributed by atoms with Crippen LogP contribution >= 0.6 is 0 Å². The molecule has 0 aromatic rings. The molecule has 0 bridgehead atoms. The average molecular weight is 172 g/mol. The molecule has 11 heavy (non-hydrogen) atoms. The van der Waals surface area contributed by atoms with Crippen LogP contribution in [-0.2, 0) is 0 Å². The smallest absolute Gasteiger partial charge is 0.0474 e. The predicted molar refractivity (Wildman–Crippen MR) is 57.1 cm³/mol. The fourth-order valence-corrected chi connectivity index (χ4v) is 7.57. The van der Waals surface area contributed by atoms with Gasteiger partial charge in [-0.05, 0) is 10.1 Å². The van der Waals surface area contributed by atoms with Gasteiger partial charge in [0.2, 0.25) is 0 Å². The lowest BCUT2D eigenvalue weighted by Crippen LogP contribution is -2.33. The van der Waals surface area contributed by atoms with Crippen LogP contribution in [0.3, 0.4) is 0 Å². The van der Waals surface area contributed by atoms with Gasteiger partial charge in [-0.15, -0.1) is 0 Å². The molecule has 0 atom stereocenters. The highest BCUT2D eigenvalue weighted by atomic mass is 28.3. The van der Waals surface area contributed by atoms with E-state index in [1.54, 1.807) is 0 Å². The number of hydrogen-bond acceptors (Lipinski definition) is 0. The second kappa shape index (κ2) is 3.30. The Labute approximate surface area is 74.0 Å². The lowest BCUT2D eigenvalue weighted by molar-refractivity contribution is 0.639. The summed E-state index contributed by atoms with van der Waals surface area (Å²) in [5.74, 6) is 0. The zero-order valence-electron chi connectivity index (χ0n) is 9.28. The van der Waals surface area contributed by atoms with Crippen LogP contribution < -0.4 is 0 Å². The third-order valence-corrected chi connectivity index (χ3v) is 7.50. The van der Waals surface area contributed by atoms with Crippen LogP contribution in [0.5, 0.6) is 0 Å². The summed E-state index contributed by atoms with van der Waals surface area (Å²) < 4.78 is 0. The van der Waals surface area contributed by atoms with E-state index in [9.17, 15) is 0 Å². The molecular weight excluding hydrogens is 148 g/mol. The molecule has 0 saturated heterocycles. The molecular formula is C10H24Si. The standard InChI is InChI=1S/C10H24Si/c1-8-11(9(2,3)4)10(5,6)7/h11H,8H2,1-7H3. The second-order valence-electron chi connectivity index (χ2n) is 5.69. The first-order valence-electron chi connectivity index (χ1n) is 4.69. The summed E-state index contributed by atoms with van der Waals surface area (Å²) >= 11 is 0. The summed E-state index contributed by atoms with van der Waals surface area (Å²) in [4.78, 5) is 0. The Hall–Kier alpha value is 0.217. The topological polar surface area (TPSA) is 0 Å². The van der Waals surface area contributed by atoms with E-state index < -0.39 is 8.80 Å². The van der Waals surface area contributed by atoms with Crippen LogP contribution in [0.25, 0.3) is 0 Å². The van der Waals surface area contributed by atoms with Gasteiger partial charge in [0.15, 0.2) is 0 Å². The molecule has 0 fully saturated rings. The molecule has 0 aromatic carbocycles. The maximum Gasteiger partial charge on any atom is 0.0474 e. The van der Waals surface area contributed by atoms with Gasteiger partial charge in [0, 0.05) is 8.80 Å². The molecule has 0 aliphatic carbocycles. The molecule has 0 amide bonds. The summed E-state index contributed by atoms with van der Waals surface area (Å²) in [6, 6.07) is 1.42. The van der Waals surface area contributed by atoms with Gasteiger partial charge in [0.05, 0.1) is 0 Å². The summed E-state index contributed by atoms with van der Waals surface area (Å²) in [5.41, 5.74) is 0. The van der Waals surface area contributed by atoms with Crippen LogP contribution in [0.2, 0.25) is 16.1 Å². The van der Waals surface area contributed by atoms with E-state index >= 15 is 0 Å². The average Bonchev–Trinajstić information content (AvgIpc) is 1.56. The molecule has 0 aliphatic heterocycles. The van der Waals surface area contributed by atoms with Crippen molar-refractivity contribution in [3.05, 3.63) is 0 Å². The minimum Gasteiger partial charge on any atom is -0.0680 e. The highest BCUT2D eigenvalue weighted by Gasteiger charge is 2.34. The molecule has 0 saturated carbocycles. The molecule has 0 spiro atoms. The molecule has 0 aliphatic rings. The van der Waals surface area contributed by atoms with Gasteiger partial charge in [-0.1, -0.05) is 54.5 Å². The largest absolute Gasteiger partial charge is 0.0680 e. The fraction of sp³-hybridized carbons (Fsp3) is 1.00. The third kappa shape index (κ3) is 3.41. The van der Waals surface area contributed by atoms with Gasteiger partial charge < -0.3 is 0 Å². The Morgan fingerprint density at radius 2 is 1.09 bits per heavy atom. The quantitative estimate of drug-likeness (QED) is 0.527. The predicted octanol–water partition coefficient (Wildman–Crippen LogP) is 3.83. The van der Waals surface area contributed by atoms with Crippen LogP contribution in [0.15, 0.2) is 0 Å². The monoisotopic (exact) mass is 172 g/mol. The van der Waals surface area contributed by atoms with Crippen molar-refractivity contribution in [3.8, 4) is 0 Å². The minimum absolute atomic E-state index is 0.590. The van der Waals surface area contributed by atoms with Gasteiger partial charge in [0.1, 0.15) is 0 Å². The van der Waals surface area contributed by atoms with Gasteiger partial charge in [-0.25, -0.2) is 0 Å². The SMILES string of the molecule is CC[SiH](C(C)(C)C)C(C)(C)C. The van der Waals surface area contributed by atoms with Crippen molar-refractivity contribution in [2.45, 2.75) is 64.6 Å². The minimum atomic E-state index is -0.590. The summed E-state index contributed by atoms with van der Waals surface area (Å²) in [6.07, 6.45) is 0. The van der Waals surface area contributed by atoms with Crippen molar-refractivity contribution < 1.29 is 0 Å². The first-order chi connectivity index (χ1) is 4.69. The Balaban J connectivity index is 4.43. The highest BCUT2D eigenvalue weighted by Crippen LogP contribution is 2.43. The first kappa shape index (κ1) is 11.2. The molecule has 0 aromatic heterocycles. The molecule has 0 unspecified atom stereocenters. The van der Waals surface area contributed by atoms with Crippen molar-refractivity contribution in [2.75, 3.05) is 0 Å². The van der Waals surface area contributed by atoms with Crippen LogP contribution in [0.4, 0.5) is 0 Å². The molecule has 0 nitrogen and oxygen atoms in total. The fourth-order valence-electron chi connectivity index (χ4n) is 2.52. The van der Waals surface area contributed by atoms with E-state index in [1.807, 2.05) is 0 Å². The zero-order valence-corrected chi connectivity index (χ0v) is 10.4. The molecule has 0 heterocycles. The van der Waals surface area contributed by atoms with Crippen molar-refractivity contribution in [3.63, 3.8) is 0 Å². The van der Waals surface area contributed by atoms with Crippen molar-refractivity contribution in [1.29, 1.82) is 0 Å². The summed E-state index contributed by atoms with van der Waals surface area (Å²) in [6.45, 7) is 16.8. The molecule has 0 rings (SSSR count). The van der Waals surface area contributed by atoms with Crippen LogP contribution in [0, 0.1) is 0 Å². The molecule has 68 valence electrons. The Morgan fingerprint density at radius 3 is 1.09 bits per heavy atom.